The monoisotopic (exact) mass is 237 g/mol. The zero-order chi connectivity index (χ0) is 12.1. The first-order chi connectivity index (χ1) is 8.24. The molecule has 92 valence electrons. The zero-order valence-corrected chi connectivity index (χ0v) is 9.62. The molecule has 0 aliphatic carbocycles. The first-order valence-corrected chi connectivity index (χ1v) is 5.91. The molecule has 0 aromatic heterocycles. The molecule has 0 bridgehead atoms. The van der Waals surface area contributed by atoms with E-state index in [4.69, 9.17) is 4.74 Å². The number of anilines is 1. The van der Waals surface area contributed by atoms with Crippen LogP contribution in [0.3, 0.4) is 0 Å². The Morgan fingerprint density at radius 2 is 2.41 bits per heavy atom. The SMILES string of the molecule is O=C(CC[C@@H]1CCCO1)Nc1cccc(F)c1. The molecule has 3 nitrogen and oxygen atoms in total. The molecule has 1 aliphatic rings. The predicted octanol–water partition coefficient (Wildman–Crippen LogP) is 2.72. The normalized spacial score (nSPS) is 19.2. The van der Waals surface area contributed by atoms with Crippen molar-refractivity contribution >= 4 is 11.6 Å². The van der Waals surface area contributed by atoms with Crippen LogP contribution in [0.2, 0.25) is 0 Å². The maximum absolute atomic E-state index is 12.9. The van der Waals surface area contributed by atoms with Gasteiger partial charge >= 0.3 is 0 Å². The zero-order valence-electron chi connectivity index (χ0n) is 9.62. The third-order valence-corrected chi connectivity index (χ3v) is 2.83. The Balaban J connectivity index is 1.76. The molecule has 1 N–H and O–H groups in total. The van der Waals surface area contributed by atoms with Gasteiger partial charge < -0.3 is 10.1 Å². The number of rotatable bonds is 4. The quantitative estimate of drug-likeness (QED) is 0.874. The molecule has 1 atom stereocenters. The molecular weight excluding hydrogens is 221 g/mol. The lowest BCUT2D eigenvalue weighted by molar-refractivity contribution is -0.116. The van der Waals surface area contributed by atoms with Crippen LogP contribution in [-0.2, 0) is 9.53 Å². The molecule has 1 aliphatic heterocycles. The van der Waals surface area contributed by atoms with E-state index in [1.165, 1.54) is 12.1 Å². The van der Waals surface area contributed by atoms with Crippen LogP contribution in [0.25, 0.3) is 0 Å². The number of carbonyl (C=O) groups excluding carboxylic acids is 1. The minimum Gasteiger partial charge on any atom is -0.378 e. The van der Waals surface area contributed by atoms with Gasteiger partial charge in [-0.15, -0.1) is 0 Å². The lowest BCUT2D eigenvalue weighted by atomic mass is 10.1. The highest BCUT2D eigenvalue weighted by Gasteiger charge is 2.16. The van der Waals surface area contributed by atoms with Gasteiger partial charge in [0.1, 0.15) is 5.82 Å². The highest BCUT2D eigenvalue weighted by atomic mass is 19.1. The molecule has 4 heteroatoms. The van der Waals surface area contributed by atoms with Gasteiger partial charge in [-0.3, -0.25) is 4.79 Å². The Morgan fingerprint density at radius 1 is 1.53 bits per heavy atom. The maximum atomic E-state index is 12.9. The molecule has 17 heavy (non-hydrogen) atoms. The van der Waals surface area contributed by atoms with E-state index in [9.17, 15) is 9.18 Å². The fourth-order valence-electron chi connectivity index (χ4n) is 1.95. The van der Waals surface area contributed by atoms with Gasteiger partial charge in [0, 0.05) is 18.7 Å². The molecule has 0 unspecified atom stereocenters. The Kier molecular flexibility index (Phi) is 4.09. The molecule has 1 aromatic rings. The molecule has 1 amide bonds. The number of amides is 1. The van der Waals surface area contributed by atoms with Crippen molar-refractivity contribution in [1.29, 1.82) is 0 Å². The van der Waals surface area contributed by atoms with Gasteiger partial charge in [0.05, 0.1) is 6.10 Å². The molecule has 1 aromatic carbocycles. The average Bonchev–Trinajstić information content (AvgIpc) is 2.79. The molecule has 1 saturated heterocycles. The highest BCUT2D eigenvalue weighted by molar-refractivity contribution is 5.90. The number of hydrogen-bond donors (Lipinski definition) is 1. The summed E-state index contributed by atoms with van der Waals surface area (Å²) < 4.78 is 18.3. The Bertz CT molecular complexity index is 389. The number of benzene rings is 1. The van der Waals surface area contributed by atoms with Gasteiger partial charge in [0.25, 0.3) is 0 Å². The van der Waals surface area contributed by atoms with Crippen LogP contribution in [0.4, 0.5) is 10.1 Å². The number of ether oxygens (including phenoxy) is 1. The summed E-state index contributed by atoms with van der Waals surface area (Å²) >= 11 is 0. The lowest BCUT2D eigenvalue weighted by Crippen LogP contribution is -2.15. The molecule has 0 radical (unpaired) electrons. The summed E-state index contributed by atoms with van der Waals surface area (Å²) in [6.07, 6.45) is 3.49. The van der Waals surface area contributed by atoms with E-state index >= 15 is 0 Å². The highest BCUT2D eigenvalue weighted by Crippen LogP contribution is 2.17. The van der Waals surface area contributed by atoms with E-state index in [1.807, 2.05) is 0 Å². The smallest absolute Gasteiger partial charge is 0.224 e. The van der Waals surface area contributed by atoms with E-state index in [2.05, 4.69) is 5.32 Å². The second-order valence-electron chi connectivity index (χ2n) is 4.23. The van der Waals surface area contributed by atoms with Crippen molar-refractivity contribution in [3.05, 3.63) is 30.1 Å². The van der Waals surface area contributed by atoms with Crippen LogP contribution in [0.1, 0.15) is 25.7 Å². The van der Waals surface area contributed by atoms with Crippen molar-refractivity contribution < 1.29 is 13.9 Å². The van der Waals surface area contributed by atoms with Crippen molar-refractivity contribution in [2.75, 3.05) is 11.9 Å². The minimum absolute atomic E-state index is 0.0916. The molecule has 2 rings (SSSR count). The van der Waals surface area contributed by atoms with Crippen molar-refractivity contribution in [2.24, 2.45) is 0 Å². The summed E-state index contributed by atoms with van der Waals surface area (Å²) in [6.45, 7) is 0.802. The van der Waals surface area contributed by atoms with E-state index < -0.39 is 0 Å². The first kappa shape index (κ1) is 12.0. The van der Waals surface area contributed by atoms with Crippen molar-refractivity contribution in [2.45, 2.75) is 31.8 Å². The molecule has 1 fully saturated rings. The second-order valence-corrected chi connectivity index (χ2v) is 4.23. The van der Waals surface area contributed by atoms with Crippen LogP contribution < -0.4 is 5.32 Å². The fraction of sp³-hybridized carbons (Fsp3) is 0.462. The Hall–Kier alpha value is -1.42. The van der Waals surface area contributed by atoms with Crippen LogP contribution >= 0.6 is 0 Å². The fourth-order valence-corrected chi connectivity index (χ4v) is 1.95. The second kappa shape index (κ2) is 5.77. The molecule has 0 saturated carbocycles. The molecule has 1 heterocycles. The summed E-state index contributed by atoms with van der Waals surface area (Å²) in [5.74, 6) is -0.437. The number of carbonyl (C=O) groups is 1. The molecule has 0 spiro atoms. The standard InChI is InChI=1S/C13H16FNO2/c14-10-3-1-4-11(9-10)15-13(16)7-6-12-5-2-8-17-12/h1,3-4,9,12H,2,5-8H2,(H,15,16)/t12-/m0/s1. The van der Waals surface area contributed by atoms with Crippen molar-refractivity contribution in [1.82, 2.24) is 0 Å². The summed E-state index contributed by atoms with van der Waals surface area (Å²) in [5.41, 5.74) is 0.502. The van der Waals surface area contributed by atoms with Gasteiger partial charge in [-0.25, -0.2) is 4.39 Å². The minimum atomic E-state index is -0.345. The largest absolute Gasteiger partial charge is 0.378 e. The van der Waals surface area contributed by atoms with Crippen LogP contribution in [0.15, 0.2) is 24.3 Å². The average molecular weight is 237 g/mol. The van der Waals surface area contributed by atoms with E-state index in [0.29, 0.717) is 12.1 Å². The predicted molar refractivity (Wildman–Crippen MR) is 63.2 cm³/mol. The van der Waals surface area contributed by atoms with E-state index in [-0.39, 0.29) is 17.8 Å². The summed E-state index contributed by atoms with van der Waals surface area (Å²) in [5, 5.41) is 2.67. The number of hydrogen-bond acceptors (Lipinski definition) is 2. The third kappa shape index (κ3) is 3.82. The summed E-state index contributed by atoms with van der Waals surface area (Å²) in [6, 6.07) is 5.91. The summed E-state index contributed by atoms with van der Waals surface area (Å²) in [4.78, 5) is 11.6. The Morgan fingerprint density at radius 3 is 3.12 bits per heavy atom. The third-order valence-electron chi connectivity index (χ3n) is 2.83. The van der Waals surface area contributed by atoms with Gasteiger partial charge in [-0.05, 0) is 37.5 Å². The number of halogens is 1. The van der Waals surface area contributed by atoms with Crippen LogP contribution in [0.5, 0.6) is 0 Å². The Labute approximate surface area is 100.0 Å². The van der Waals surface area contributed by atoms with Crippen molar-refractivity contribution in [3.63, 3.8) is 0 Å². The lowest BCUT2D eigenvalue weighted by Gasteiger charge is -2.09. The van der Waals surface area contributed by atoms with Gasteiger partial charge in [0.2, 0.25) is 5.91 Å². The van der Waals surface area contributed by atoms with E-state index in [1.54, 1.807) is 12.1 Å². The van der Waals surface area contributed by atoms with Gasteiger partial charge in [-0.1, -0.05) is 6.07 Å². The van der Waals surface area contributed by atoms with Crippen LogP contribution in [-0.4, -0.2) is 18.6 Å². The topological polar surface area (TPSA) is 38.3 Å². The van der Waals surface area contributed by atoms with E-state index in [0.717, 1.165) is 25.9 Å². The van der Waals surface area contributed by atoms with Gasteiger partial charge in [0.15, 0.2) is 0 Å². The molecular formula is C13H16FNO2. The van der Waals surface area contributed by atoms with Crippen molar-refractivity contribution in [3.8, 4) is 0 Å². The summed E-state index contributed by atoms with van der Waals surface area (Å²) in [7, 11) is 0. The van der Waals surface area contributed by atoms with Gasteiger partial charge in [-0.2, -0.15) is 0 Å². The maximum Gasteiger partial charge on any atom is 0.224 e. The first-order valence-electron chi connectivity index (χ1n) is 5.91. The van der Waals surface area contributed by atoms with Crippen LogP contribution in [0, 0.1) is 5.82 Å². The number of nitrogens with one attached hydrogen (secondary N) is 1.